The second kappa shape index (κ2) is 4.46. The molecule has 0 atom stereocenters. The number of thiazole rings is 1. The third-order valence-corrected chi connectivity index (χ3v) is 4.14. The molecule has 0 fully saturated rings. The van der Waals surface area contributed by atoms with Gasteiger partial charge in [0.2, 0.25) is 0 Å². The summed E-state index contributed by atoms with van der Waals surface area (Å²) in [7, 11) is 0. The second-order valence-corrected chi connectivity index (χ2v) is 5.55. The van der Waals surface area contributed by atoms with Crippen LogP contribution in [0.15, 0.2) is 47.4 Å². The fourth-order valence-corrected chi connectivity index (χ4v) is 3.17. The Kier molecular flexibility index (Phi) is 2.58. The Hall–Kier alpha value is -2.60. The highest BCUT2D eigenvalue weighted by molar-refractivity contribution is 7.15. The number of halogens is 1. The number of hydrogen-bond acceptors (Lipinski definition) is 4. The molecule has 0 radical (unpaired) electrons. The molecule has 0 N–H and O–H groups in total. The Morgan fingerprint density at radius 1 is 1.19 bits per heavy atom. The van der Waals surface area contributed by atoms with E-state index in [-0.39, 0.29) is 11.4 Å². The zero-order valence-corrected chi connectivity index (χ0v) is 11.5. The summed E-state index contributed by atoms with van der Waals surface area (Å²) in [6.45, 7) is 0. The molecule has 3 heterocycles. The van der Waals surface area contributed by atoms with Crippen LogP contribution in [-0.2, 0) is 0 Å². The Morgan fingerprint density at radius 2 is 2.00 bits per heavy atom. The van der Waals surface area contributed by atoms with Crippen molar-refractivity contribution >= 4 is 33.5 Å². The summed E-state index contributed by atoms with van der Waals surface area (Å²) in [6, 6.07) is 9.61. The Morgan fingerprint density at radius 3 is 2.81 bits per heavy atom. The summed E-state index contributed by atoms with van der Waals surface area (Å²) < 4.78 is 15.0. The van der Waals surface area contributed by atoms with Crippen LogP contribution in [0.1, 0.15) is 5.56 Å². The third-order valence-electron chi connectivity index (χ3n) is 3.17. The molecule has 102 valence electrons. The number of rotatable bonds is 1. The molecule has 4 aromatic rings. The molecular formula is C15H8FN3OS. The van der Waals surface area contributed by atoms with Crippen molar-refractivity contribution in [2.75, 3.05) is 0 Å². The molecule has 4 nitrogen and oxygen atoms in total. The molecule has 0 saturated heterocycles. The summed E-state index contributed by atoms with van der Waals surface area (Å²) in [6.07, 6.45) is 3.37. The van der Waals surface area contributed by atoms with Gasteiger partial charge in [-0.2, -0.15) is 0 Å². The van der Waals surface area contributed by atoms with E-state index < -0.39 is 0 Å². The second-order valence-electron chi connectivity index (χ2n) is 4.54. The lowest BCUT2D eigenvalue weighted by atomic mass is 10.2. The first-order valence-electron chi connectivity index (χ1n) is 6.26. The van der Waals surface area contributed by atoms with Gasteiger partial charge in [-0.15, -0.1) is 0 Å². The maximum Gasteiger partial charge on any atom is 0.276 e. The van der Waals surface area contributed by atoms with Crippen LogP contribution in [0.25, 0.3) is 22.2 Å². The van der Waals surface area contributed by atoms with Gasteiger partial charge in [0, 0.05) is 6.20 Å². The molecule has 0 aliphatic heterocycles. The van der Waals surface area contributed by atoms with Gasteiger partial charge in [0.1, 0.15) is 11.3 Å². The highest BCUT2D eigenvalue weighted by Gasteiger charge is 2.11. The van der Waals surface area contributed by atoms with E-state index in [2.05, 4.69) is 9.97 Å². The summed E-state index contributed by atoms with van der Waals surface area (Å²) >= 11 is 1.30. The quantitative estimate of drug-likeness (QED) is 0.540. The topological polar surface area (TPSA) is 47.3 Å². The van der Waals surface area contributed by atoms with Crippen molar-refractivity contribution in [2.45, 2.75) is 0 Å². The highest BCUT2D eigenvalue weighted by atomic mass is 32.1. The number of imidazole rings is 1. The maximum atomic E-state index is 12.9. The fraction of sp³-hybridized carbons (Fsp3) is 0. The van der Waals surface area contributed by atoms with Crippen molar-refractivity contribution in [3.05, 3.63) is 68.9 Å². The van der Waals surface area contributed by atoms with Crippen LogP contribution in [0.4, 0.5) is 4.39 Å². The molecule has 0 bridgehead atoms. The number of pyridine rings is 1. The minimum atomic E-state index is -0.300. The van der Waals surface area contributed by atoms with E-state index in [9.17, 15) is 9.18 Å². The fourth-order valence-electron chi connectivity index (χ4n) is 2.20. The number of benzene rings is 1. The van der Waals surface area contributed by atoms with Crippen molar-refractivity contribution in [1.29, 1.82) is 0 Å². The van der Waals surface area contributed by atoms with Gasteiger partial charge in [-0.3, -0.25) is 4.79 Å². The molecule has 0 saturated carbocycles. The van der Waals surface area contributed by atoms with Crippen LogP contribution in [0.5, 0.6) is 0 Å². The number of nitrogens with zero attached hydrogens (tertiary/aromatic N) is 3. The largest absolute Gasteiger partial charge is 0.276 e. The van der Waals surface area contributed by atoms with E-state index in [0.29, 0.717) is 20.7 Å². The smallest absolute Gasteiger partial charge is 0.267 e. The van der Waals surface area contributed by atoms with Gasteiger partial charge in [0.15, 0.2) is 10.6 Å². The average molecular weight is 297 g/mol. The molecule has 21 heavy (non-hydrogen) atoms. The van der Waals surface area contributed by atoms with Crippen molar-refractivity contribution in [2.24, 2.45) is 0 Å². The predicted molar refractivity (Wildman–Crippen MR) is 79.8 cm³/mol. The minimum absolute atomic E-state index is 0.152. The maximum absolute atomic E-state index is 12.9. The van der Waals surface area contributed by atoms with Crippen molar-refractivity contribution in [3.8, 4) is 0 Å². The van der Waals surface area contributed by atoms with Crippen LogP contribution in [0, 0.1) is 5.82 Å². The van der Waals surface area contributed by atoms with Crippen LogP contribution in [0.3, 0.4) is 0 Å². The zero-order chi connectivity index (χ0) is 14.4. The predicted octanol–water partition coefficient (Wildman–Crippen LogP) is 1.99. The molecule has 3 aromatic heterocycles. The molecule has 4 rings (SSSR count). The van der Waals surface area contributed by atoms with E-state index in [1.165, 1.54) is 27.9 Å². The first-order chi connectivity index (χ1) is 10.2. The Labute approximate surface area is 121 Å². The van der Waals surface area contributed by atoms with Gasteiger partial charge in [-0.1, -0.05) is 23.5 Å². The molecule has 0 aliphatic carbocycles. The van der Waals surface area contributed by atoms with Gasteiger partial charge >= 0.3 is 0 Å². The van der Waals surface area contributed by atoms with Crippen molar-refractivity contribution in [1.82, 2.24) is 14.4 Å². The van der Waals surface area contributed by atoms with Gasteiger partial charge in [-0.25, -0.2) is 18.8 Å². The standard InChI is InChI=1S/C15H8FN3OS/c16-10-5-3-9(4-6-10)8-12-14(20)19-13-11(2-1-7-17-13)18-15(19)21-12/h1-8H. The monoisotopic (exact) mass is 297 g/mol. The third kappa shape index (κ3) is 1.92. The minimum Gasteiger partial charge on any atom is -0.267 e. The van der Waals surface area contributed by atoms with E-state index >= 15 is 0 Å². The normalized spacial score (nSPS) is 12.5. The van der Waals surface area contributed by atoms with Gasteiger partial charge in [0.05, 0.1) is 4.53 Å². The SMILES string of the molecule is O=c1c(=Cc2ccc(F)cc2)sc2nc3cccnc3n12. The first-order valence-corrected chi connectivity index (χ1v) is 7.07. The van der Waals surface area contributed by atoms with Crippen molar-refractivity contribution in [3.63, 3.8) is 0 Å². The molecule has 0 spiro atoms. The summed E-state index contributed by atoms with van der Waals surface area (Å²) in [5.74, 6) is -0.300. The van der Waals surface area contributed by atoms with E-state index in [4.69, 9.17) is 0 Å². The summed E-state index contributed by atoms with van der Waals surface area (Å²) in [5, 5.41) is 0. The molecule has 1 aromatic carbocycles. The average Bonchev–Trinajstić information content (AvgIpc) is 2.99. The molecular weight excluding hydrogens is 289 g/mol. The molecule has 0 unspecified atom stereocenters. The molecule has 0 amide bonds. The van der Waals surface area contributed by atoms with E-state index in [0.717, 1.165) is 5.56 Å². The molecule has 0 aliphatic rings. The lowest BCUT2D eigenvalue weighted by Crippen LogP contribution is -2.22. The zero-order valence-electron chi connectivity index (χ0n) is 10.7. The van der Waals surface area contributed by atoms with Crippen LogP contribution in [0.2, 0.25) is 0 Å². The molecule has 6 heteroatoms. The van der Waals surface area contributed by atoms with Crippen LogP contribution in [-0.4, -0.2) is 14.4 Å². The van der Waals surface area contributed by atoms with Crippen molar-refractivity contribution < 1.29 is 4.39 Å². The number of hydrogen-bond donors (Lipinski definition) is 0. The van der Waals surface area contributed by atoms with Gasteiger partial charge in [0.25, 0.3) is 5.56 Å². The van der Waals surface area contributed by atoms with Gasteiger partial charge < -0.3 is 0 Å². The highest BCUT2D eigenvalue weighted by Crippen LogP contribution is 2.13. The Bertz CT molecular complexity index is 1070. The lowest BCUT2D eigenvalue weighted by Gasteiger charge is -1.90. The first kappa shape index (κ1) is 12.2. The van der Waals surface area contributed by atoms with Crippen LogP contribution < -0.4 is 10.1 Å². The van der Waals surface area contributed by atoms with E-state index in [1.807, 2.05) is 6.07 Å². The Balaban J connectivity index is 2.00. The summed E-state index contributed by atoms with van der Waals surface area (Å²) in [5.41, 5.74) is 1.89. The summed E-state index contributed by atoms with van der Waals surface area (Å²) in [4.78, 5) is 21.7. The van der Waals surface area contributed by atoms with E-state index in [1.54, 1.807) is 30.5 Å². The number of aromatic nitrogens is 3. The van der Waals surface area contributed by atoms with Crippen LogP contribution >= 0.6 is 11.3 Å². The number of fused-ring (bicyclic) bond motifs is 3. The lowest BCUT2D eigenvalue weighted by molar-refractivity contribution is 0.628. The van der Waals surface area contributed by atoms with Gasteiger partial charge in [-0.05, 0) is 35.9 Å².